The lowest BCUT2D eigenvalue weighted by atomic mass is 9.98. The fraction of sp³-hybridized carbons (Fsp3) is 0.0606. The van der Waals surface area contributed by atoms with Crippen molar-refractivity contribution in [2.45, 2.75) is 12.8 Å². The zero-order chi connectivity index (χ0) is 25.9. The summed E-state index contributed by atoms with van der Waals surface area (Å²) >= 11 is 0. The Balaban J connectivity index is 1.37. The molecule has 0 fully saturated rings. The molecule has 0 saturated heterocycles. The van der Waals surface area contributed by atoms with E-state index in [4.69, 9.17) is 9.72 Å². The molecule has 0 amide bonds. The van der Waals surface area contributed by atoms with Gasteiger partial charge in [0.1, 0.15) is 17.3 Å². The number of hydrogen-bond donors (Lipinski definition) is 1. The molecule has 7 aromatic rings. The summed E-state index contributed by atoms with van der Waals surface area (Å²) in [5.41, 5.74) is 4.37. The van der Waals surface area contributed by atoms with E-state index in [9.17, 15) is 5.11 Å². The van der Waals surface area contributed by atoms with Crippen LogP contribution in [0.1, 0.15) is 22.5 Å². The van der Waals surface area contributed by atoms with Crippen LogP contribution in [0.5, 0.6) is 17.4 Å². The van der Waals surface area contributed by atoms with E-state index in [0.717, 1.165) is 49.8 Å². The minimum Gasteiger partial charge on any atom is -0.507 e. The molecule has 3 heterocycles. The molecule has 0 atom stereocenters. The average Bonchev–Trinajstić information content (AvgIpc) is 3.38. The average molecular weight is 507 g/mol. The Hall–Kier alpha value is -5.23. The predicted molar refractivity (Wildman–Crippen MR) is 151 cm³/mol. The highest BCUT2D eigenvalue weighted by Gasteiger charge is 2.27. The Labute approximate surface area is 223 Å². The predicted octanol–water partition coefficient (Wildman–Crippen LogP) is 7.09. The van der Waals surface area contributed by atoms with E-state index in [-0.39, 0.29) is 5.75 Å². The fourth-order valence-electron chi connectivity index (χ4n) is 5.56. The van der Waals surface area contributed by atoms with Crippen molar-refractivity contribution < 1.29 is 9.84 Å². The Morgan fingerprint density at radius 1 is 0.744 bits per heavy atom. The number of rotatable bonds is 3. The lowest BCUT2D eigenvalue weighted by molar-refractivity contribution is 0.440. The topological polar surface area (TPSA) is 72.5 Å². The van der Waals surface area contributed by atoms with E-state index in [1.165, 1.54) is 0 Å². The molecule has 8 rings (SSSR count). The van der Waals surface area contributed by atoms with Crippen molar-refractivity contribution in [2.75, 3.05) is 0 Å². The minimum absolute atomic E-state index is 0.143. The molecule has 1 N–H and O–H groups in total. The molecule has 0 bridgehead atoms. The molecule has 6 nitrogen and oxygen atoms in total. The molecule has 0 unspecified atom stereocenters. The van der Waals surface area contributed by atoms with Crippen LogP contribution in [0.3, 0.4) is 0 Å². The first-order valence-electron chi connectivity index (χ1n) is 12.9. The van der Waals surface area contributed by atoms with Gasteiger partial charge in [0.05, 0.1) is 11.1 Å². The molecule has 39 heavy (non-hydrogen) atoms. The summed E-state index contributed by atoms with van der Waals surface area (Å²) in [5.74, 6) is 2.72. The standard InChI is InChI=1S/C33H22N4O2/c38-28-18-23-12-6-5-11-22(23)16-26(28)31-34-33-27(17-25-15-21-10-4-7-13-24(21)19-29(25)39-33)32-36-35-30(37(31)32)14-20-8-2-1-3-9-20/h1-13,15-16,18-19,38H,14,17H2. The van der Waals surface area contributed by atoms with Crippen LogP contribution in [0, 0.1) is 0 Å². The van der Waals surface area contributed by atoms with Crippen LogP contribution in [0.4, 0.5) is 0 Å². The first kappa shape index (κ1) is 21.8. The van der Waals surface area contributed by atoms with Crippen LogP contribution in [0.2, 0.25) is 0 Å². The number of hydrogen-bond acceptors (Lipinski definition) is 5. The third-order valence-electron chi connectivity index (χ3n) is 7.49. The van der Waals surface area contributed by atoms with Crippen molar-refractivity contribution in [1.29, 1.82) is 0 Å². The molecule has 1 aliphatic heterocycles. The summed E-state index contributed by atoms with van der Waals surface area (Å²) < 4.78 is 8.41. The summed E-state index contributed by atoms with van der Waals surface area (Å²) in [6, 6.07) is 34.4. The molecule has 0 radical (unpaired) electrons. The van der Waals surface area contributed by atoms with Gasteiger partial charge in [0.15, 0.2) is 11.5 Å². The highest BCUT2D eigenvalue weighted by atomic mass is 16.5. The Morgan fingerprint density at radius 3 is 2.18 bits per heavy atom. The lowest BCUT2D eigenvalue weighted by Crippen LogP contribution is -2.11. The van der Waals surface area contributed by atoms with Crippen molar-refractivity contribution in [3.63, 3.8) is 0 Å². The summed E-state index contributed by atoms with van der Waals surface area (Å²) in [6.45, 7) is 0. The number of phenolic OH excluding ortho intramolecular Hbond substituents is 1. The summed E-state index contributed by atoms with van der Waals surface area (Å²) in [4.78, 5) is 5.03. The van der Waals surface area contributed by atoms with E-state index in [1.54, 1.807) is 6.07 Å². The van der Waals surface area contributed by atoms with Gasteiger partial charge in [-0.25, -0.2) is 0 Å². The molecular weight excluding hydrogens is 484 g/mol. The van der Waals surface area contributed by atoms with Crippen LogP contribution in [-0.2, 0) is 12.8 Å². The van der Waals surface area contributed by atoms with Crippen molar-refractivity contribution >= 4 is 27.2 Å². The van der Waals surface area contributed by atoms with E-state index in [1.807, 2.05) is 65.1 Å². The largest absolute Gasteiger partial charge is 0.507 e. The smallest absolute Gasteiger partial charge is 0.228 e. The molecule has 186 valence electrons. The van der Waals surface area contributed by atoms with Crippen molar-refractivity contribution in [1.82, 2.24) is 19.6 Å². The van der Waals surface area contributed by atoms with Crippen LogP contribution in [0.25, 0.3) is 38.6 Å². The van der Waals surface area contributed by atoms with Gasteiger partial charge in [-0.3, -0.25) is 4.40 Å². The number of ether oxygens (including phenoxy) is 1. The maximum Gasteiger partial charge on any atom is 0.228 e. The number of benzene rings is 5. The normalized spacial score (nSPS) is 12.4. The lowest BCUT2D eigenvalue weighted by Gasteiger charge is -2.22. The second kappa shape index (κ2) is 8.39. The van der Waals surface area contributed by atoms with Gasteiger partial charge >= 0.3 is 0 Å². The van der Waals surface area contributed by atoms with Gasteiger partial charge in [0.2, 0.25) is 5.88 Å². The van der Waals surface area contributed by atoms with Crippen molar-refractivity contribution in [3.05, 3.63) is 126 Å². The molecule has 0 aliphatic carbocycles. The molecule has 2 aromatic heterocycles. The number of aromatic nitrogens is 4. The number of fused-ring (bicyclic) bond motifs is 6. The highest BCUT2D eigenvalue weighted by Crippen LogP contribution is 2.42. The van der Waals surface area contributed by atoms with E-state index >= 15 is 0 Å². The van der Waals surface area contributed by atoms with Gasteiger partial charge in [0.25, 0.3) is 0 Å². The number of aromatic hydroxyl groups is 1. The fourth-order valence-corrected chi connectivity index (χ4v) is 5.56. The Bertz CT molecular complexity index is 2060. The highest BCUT2D eigenvalue weighted by molar-refractivity contribution is 5.90. The van der Waals surface area contributed by atoms with Gasteiger partial charge in [-0.1, -0.05) is 78.9 Å². The van der Waals surface area contributed by atoms with Gasteiger partial charge in [-0.2, -0.15) is 4.98 Å². The van der Waals surface area contributed by atoms with Crippen LogP contribution >= 0.6 is 0 Å². The first-order valence-corrected chi connectivity index (χ1v) is 12.9. The molecule has 0 spiro atoms. The summed E-state index contributed by atoms with van der Waals surface area (Å²) in [7, 11) is 0. The molecular formula is C33H22N4O2. The van der Waals surface area contributed by atoms with Crippen LogP contribution in [0.15, 0.2) is 103 Å². The maximum atomic E-state index is 11.2. The third kappa shape index (κ3) is 3.53. The summed E-state index contributed by atoms with van der Waals surface area (Å²) in [6.07, 6.45) is 1.20. The zero-order valence-electron chi connectivity index (χ0n) is 20.9. The van der Waals surface area contributed by atoms with Gasteiger partial charge in [-0.15, -0.1) is 10.2 Å². The summed E-state index contributed by atoms with van der Waals surface area (Å²) in [5, 5.41) is 24.7. The van der Waals surface area contributed by atoms with Crippen molar-refractivity contribution in [3.8, 4) is 28.8 Å². The molecule has 0 saturated carbocycles. The van der Waals surface area contributed by atoms with E-state index in [0.29, 0.717) is 35.8 Å². The Morgan fingerprint density at radius 2 is 1.41 bits per heavy atom. The van der Waals surface area contributed by atoms with Crippen molar-refractivity contribution in [2.24, 2.45) is 0 Å². The van der Waals surface area contributed by atoms with Gasteiger partial charge in [-0.05, 0) is 51.4 Å². The van der Waals surface area contributed by atoms with Gasteiger partial charge in [0, 0.05) is 18.4 Å². The van der Waals surface area contributed by atoms with Crippen LogP contribution in [-0.4, -0.2) is 24.7 Å². The van der Waals surface area contributed by atoms with E-state index in [2.05, 4.69) is 46.6 Å². The monoisotopic (exact) mass is 506 g/mol. The third-order valence-corrected chi connectivity index (χ3v) is 7.49. The minimum atomic E-state index is 0.143. The SMILES string of the molecule is Oc1cc2ccccc2cc1-c1nc2c(c3nnc(Cc4ccccc4)n13)Cc1cc3ccccc3cc1O2. The molecule has 5 aromatic carbocycles. The first-order chi connectivity index (χ1) is 19.2. The number of phenols is 1. The van der Waals surface area contributed by atoms with E-state index < -0.39 is 0 Å². The maximum absolute atomic E-state index is 11.2. The molecule has 6 heteroatoms. The Kier molecular flexibility index (Phi) is 4.70. The van der Waals surface area contributed by atoms with Crippen LogP contribution < -0.4 is 4.74 Å². The zero-order valence-corrected chi connectivity index (χ0v) is 20.9. The van der Waals surface area contributed by atoms with Gasteiger partial charge < -0.3 is 9.84 Å². The molecule has 1 aliphatic rings. The number of nitrogens with zero attached hydrogens (tertiary/aromatic N) is 4. The quantitative estimate of drug-likeness (QED) is 0.277. The second-order valence-electron chi connectivity index (χ2n) is 9.96. The second-order valence-corrected chi connectivity index (χ2v) is 9.96.